The van der Waals surface area contributed by atoms with E-state index in [-0.39, 0.29) is 11.8 Å². The van der Waals surface area contributed by atoms with Crippen molar-refractivity contribution in [3.05, 3.63) is 11.9 Å². The normalized spacial score (nSPS) is 21.5. The highest BCUT2D eigenvalue weighted by Gasteiger charge is 2.21. The lowest BCUT2D eigenvalue weighted by atomic mass is 9.99. The minimum absolute atomic E-state index is 0.0285. The summed E-state index contributed by atoms with van der Waals surface area (Å²) in [5, 5.41) is 11.0. The van der Waals surface area contributed by atoms with E-state index in [0.29, 0.717) is 6.42 Å². The highest BCUT2D eigenvalue weighted by Crippen LogP contribution is 2.09. The summed E-state index contributed by atoms with van der Waals surface area (Å²) in [6.07, 6.45) is 5.46. The second-order valence-electron chi connectivity index (χ2n) is 4.03. The van der Waals surface area contributed by atoms with Crippen LogP contribution in [0.15, 0.2) is 6.20 Å². The van der Waals surface area contributed by atoms with E-state index in [4.69, 9.17) is 0 Å². The molecule has 0 saturated carbocycles. The Morgan fingerprint density at radius 2 is 2.53 bits per heavy atom. The minimum atomic E-state index is 0.0285. The van der Waals surface area contributed by atoms with Crippen LogP contribution in [0.3, 0.4) is 0 Å². The van der Waals surface area contributed by atoms with Crippen molar-refractivity contribution in [1.29, 1.82) is 0 Å². The molecule has 1 fully saturated rings. The van der Waals surface area contributed by atoms with Crippen molar-refractivity contribution in [2.75, 3.05) is 6.54 Å². The smallest absolute Gasteiger partial charge is 0.155 e. The van der Waals surface area contributed by atoms with E-state index in [2.05, 4.69) is 15.6 Å². The quantitative estimate of drug-likeness (QED) is 0.763. The largest absolute Gasteiger partial charge is 0.307 e. The molecule has 5 nitrogen and oxygen atoms in total. The van der Waals surface area contributed by atoms with Gasteiger partial charge in [0, 0.05) is 13.2 Å². The molecular weight excluding hydrogens is 192 g/mol. The van der Waals surface area contributed by atoms with Crippen molar-refractivity contribution in [3.63, 3.8) is 0 Å². The van der Waals surface area contributed by atoms with Crippen LogP contribution in [0.5, 0.6) is 0 Å². The maximum Gasteiger partial charge on any atom is 0.155 e. The SMILES string of the molecule is Cn1cc(CC(=O)C2CCCCN2)nn1. The molecule has 1 aliphatic rings. The molecule has 0 amide bonds. The van der Waals surface area contributed by atoms with E-state index in [1.807, 2.05) is 0 Å². The first-order chi connectivity index (χ1) is 7.25. The van der Waals surface area contributed by atoms with Crippen molar-refractivity contribution >= 4 is 5.78 Å². The average molecular weight is 208 g/mol. The van der Waals surface area contributed by atoms with E-state index in [9.17, 15) is 4.79 Å². The van der Waals surface area contributed by atoms with Crippen LogP contribution in [0.2, 0.25) is 0 Å². The van der Waals surface area contributed by atoms with E-state index >= 15 is 0 Å². The molecule has 0 bridgehead atoms. The van der Waals surface area contributed by atoms with Crippen LogP contribution in [0.1, 0.15) is 25.0 Å². The Bertz CT molecular complexity index is 341. The summed E-state index contributed by atoms with van der Waals surface area (Å²) in [7, 11) is 1.81. The van der Waals surface area contributed by atoms with Gasteiger partial charge in [-0.05, 0) is 19.4 Å². The summed E-state index contributed by atoms with van der Waals surface area (Å²) < 4.78 is 1.62. The Morgan fingerprint density at radius 1 is 1.67 bits per heavy atom. The maximum absolute atomic E-state index is 11.8. The molecule has 1 aromatic rings. The van der Waals surface area contributed by atoms with Gasteiger partial charge in [-0.3, -0.25) is 9.48 Å². The fourth-order valence-electron chi connectivity index (χ4n) is 1.90. The number of aryl methyl sites for hydroxylation is 1. The molecule has 1 atom stereocenters. The van der Waals surface area contributed by atoms with Gasteiger partial charge in [-0.1, -0.05) is 11.6 Å². The first-order valence-corrected chi connectivity index (χ1v) is 5.37. The monoisotopic (exact) mass is 208 g/mol. The standard InChI is InChI=1S/C10H16N4O/c1-14-7-8(12-13-14)6-10(15)9-4-2-3-5-11-9/h7,9,11H,2-6H2,1H3. The maximum atomic E-state index is 11.8. The van der Waals surface area contributed by atoms with Gasteiger partial charge in [0.2, 0.25) is 0 Å². The third-order valence-corrected chi connectivity index (χ3v) is 2.70. The van der Waals surface area contributed by atoms with Gasteiger partial charge in [-0.25, -0.2) is 0 Å². The number of Topliss-reactive ketones (excluding diaryl/α,β-unsaturated/α-hetero) is 1. The number of hydrogen-bond acceptors (Lipinski definition) is 4. The topological polar surface area (TPSA) is 59.8 Å². The summed E-state index contributed by atoms with van der Waals surface area (Å²) in [4.78, 5) is 11.8. The predicted molar refractivity (Wildman–Crippen MR) is 55.4 cm³/mol. The van der Waals surface area contributed by atoms with E-state index in [1.165, 1.54) is 6.42 Å². The zero-order valence-electron chi connectivity index (χ0n) is 8.94. The van der Waals surface area contributed by atoms with Crippen molar-refractivity contribution in [2.24, 2.45) is 7.05 Å². The number of piperidine rings is 1. The third kappa shape index (κ3) is 2.62. The Hall–Kier alpha value is -1.23. The fraction of sp³-hybridized carbons (Fsp3) is 0.700. The Balaban J connectivity index is 1.91. The van der Waals surface area contributed by atoms with Crippen molar-refractivity contribution in [1.82, 2.24) is 20.3 Å². The van der Waals surface area contributed by atoms with Gasteiger partial charge in [0.15, 0.2) is 5.78 Å². The van der Waals surface area contributed by atoms with Crippen LogP contribution in [0.4, 0.5) is 0 Å². The molecule has 1 unspecified atom stereocenters. The third-order valence-electron chi connectivity index (χ3n) is 2.70. The van der Waals surface area contributed by atoms with Gasteiger partial charge in [0.1, 0.15) is 0 Å². The molecule has 2 rings (SSSR count). The summed E-state index contributed by atoms with van der Waals surface area (Å²) in [5.41, 5.74) is 0.759. The van der Waals surface area contributed by atoms with E-state index in [0.717, 1.165) is 25.1 Å². The van der Waals surface area contributed by atoms with Gasteiger partial charge in [0.25, 0.3) is 0 Å². The molecule has 0 radical (unpaired) electrons. The molecule has 1 N–H and O–H groups in total. The van der Waals surface area contributed by atoms with E-state index in [1.54, 1.807) is 17.9 Å². The highest BCUT2D eigenvalue weighted by atomic mass is 16.1. The van der Waals surface area contributed by atoms with Gasteiger partial charge < -0.3 is 5.32 Å². The zero-order chi connectivity index (χ0) is 10.7. The minimum Gasteiger partial charge on any atom is -0.307 e. The number of hydrogen-bond donors (Lipinski definition) is 1. The fourth-order valence-corrected chi connectivity index (χ4v) is 1.90. The van der Waals surface area contributed by atoms with Crippen molar-refractivity contribution in [3.8, 4) is 0 Å². The van der Waals surface area contributed by atoms with Crippen LogP contribution in [-0.4, -0.2) is 33.4 Å². The highest BCUT2D eigenvalue weighted by molar-refractivity contribution is 5.85. The zero-order valence-corrected chi connectivity index (χ0v) is 8.94. The molecular formula is C10H16N4O. The first-order valence-electron chi connectivity index (χ1n) is 5.37. The number of carbonyl (C=O) groups excluding carboxylic acids is 1. The van der Waals surface area contributed by atoms with Crippen molar-refractivity contribution < 1.29 is 4.79 Å². The van der Waals surface area contributed by atoms with Gasteiger partial charge in [-0.2, -0.15) is 0 Å². The Morgan fingerprint density at radius 3 is 3.13 bits per heavy atom. The Labute approximate surface area is 88.9 Å². The number of rotatable bonds is 3. The number of aromatic nitrogens is 3. The molecule has 0 spiro atoms. The summed E-state index contributed by atoms with van der Waals surface area (Å²) in [5.74, 6) is 0.232. The summed E-state index contributed by atoms with van der Waals surface area (Å²) in [6.45, 7) is 0.955. The Kier molecular flexibility index (Phi) is 3.11. The molecule has 15 heavy (non-hydrogen) atoms. The summed E-state index contributed by atoms with van der Waals surface area (Å²) in [6, 6.07) is 0.0285. The predicted octanol–water partition coefficient (Wildman–Crippen LogP) is 0.0688. The number of nitrogens with one attached hydrogen (secondary N) is 1. The van der Waals surface area contributed by atoms with Crippen LogP contribution in [0, 0.1) is 0 Å². The van der Waals surface area contributed by atoms with Crippen LogP contribution in [0.25, 0.3) is 0 Å². The molecule has 5 heteroatoms. The number of carbonyl (C=O) groups is 1. The average Bonchev–Trinajstić information content (AvgIpc) is 2.65. The molecule has 0 aliphatic carbocycles. The molecule has 1 aromatic heterocycles. The second kappa shape index (κ2) is 4.53. The molecule has 82 valence electrons. The van der Waals surface area contributed by atoms with Gasteiger partial charge in [-0.15, -0.1) is 5.10 Å². The lowest BCUT2D eigenvalue weighted by Gasteiger charge is -2.21. The van der Waals surface area contributed by atoms with E-state index < -0.39 is 0 Å². The lowest BCUT2D eigenvalue weighted by molar-refractivity contribution is -0.121. The molecule has 2 heterocycles. The first kappa shape index (κ1) is 10.3. The number of nitrogens with zero attached hydrogens (tertiary/aromatic N) is 3. The van der Waals surface area contributed by atoms with Crippen LogP contribution < -0.4 is 5.32 Å². The van der Waals surface area contributed by atoms with Crippen molar-refractivity contribution in [2.45, 2.75) is 31.7 Å². The summed E-state index contributed by atoms with van der Waals surface area (Å²) >= 11 is 0. The molecule has 1 aliphatic heterocycles. The van der Waals surface area contributed by atoms with Gasteiger partial charge >= 0.3 is 0 Å². The van der Waals surface area contributed by atoms with Gasteiger partial charge in [0.05, 0.1) is 18.2 Å². The molecule has 1 saturated heterocycles. The molecule has 0 aromatic carbocycles. The lowest BCUT2D eigenvalue weighted by Crippen LogP contribution is -2.41. The second-order valence-corrected chi connectivity index (χ2v) is 4.03. The van der Waals surface area contributed by atoms with Crippen LogP contribution >= 0.6 is 0 Å². The van der Waals surface area contributed by atoms with Crippen LogP contribution in [-0.2, 0) is 18.3 Å². The number of ketones is 1.